The fourth-order valence-corrected chi connectivity index (χ4v) is 6.94. The van der Waals surface area contributed by atoms with Gasteiger partial charge in [-0.1, -0.05) is 44.2 Å². The number of hydrogen-bond acceptors (Lipinski definition) is 2. The number of carbonyl (C=O) groups excluding carboxylic acids is 2. The third kappa shape index (κ3) is 9.41. The second-order valence-corrected chi connectivity index (χ2v) is 12.2. The molecule has 4 nitrogen and oxygen atoms in total. The predicted octanol–water partition coefficient (Wildman–Crippen LogP) is 5.36. The third-order valence-corrected chi connectivity index (χ3v) is 8.86. The van der Waals surface area contributed by atoms with E-state index in [-0.39, 0.29) is 42.6 Å². The van der Waals surface area contributed by atoms with Gasteiger partial charge in [0.15, 0.2) is 0 Å². The summed E-state index contributed by atoms with van der Waals surface area (Å²) in [5.41, 5.74) is 4.33. The van der Waals surface area contributed by atoms with Crippen LogP contribution in [0.1, 0.15) is 43.4 Å². The average Bonchev–Trinajstić information content (AvgIpc) is 2.88. The SMILES string of the molecule is CC1(C)CC(NC=O)C(Cc2ccccc2)C(NC=O)C1.c1ccc([CH2][Ti][CH2]c2ccccc2)cc1. The van der Waals surface area contributed by atoms with Crippen molar-refractivity contribution in [2.24, 2.45) is 11.3 Å². The Morgan fingerprint density at radius 1 is 0.694 bits per heavy atom. The van der Waals surface area contributed by atoms with Gasteiger partial charge in [0.1, 0.15) is 0 Å². The van der Waals surface area contributed by atoms with Crippen molar-refractivity contribution in [2.45, 2.75) is 54.6 Å². The van der Waals surface area contributed by atoms with Crippen molar-refractivity contribution in [3.05, 3.63) is 108 Å². The molecule has 2 N–H and O–H groups in total. The first kappa shape index (κ1) is 27.9. The number of benzene rings is 3. The normalized spacial score (nSPS) is 20.2. The van der Waals surface area contributed by atoms with Gasteiger partial charge >= 0.3 is 100 Å². The standard InChI is InChI=1S/C17H24N2O2.2C7H7.Ti/c1-17(2)9-15(18-11-20)14(16(10-17)19-12-21)8-13-6-4-3-5-7-13;2*1-7-5-3-2-4-6-7;/h3-7,11-12,14-16H,8-10H2,1-2H3,(H,18,20)(H,19,21);2*2-6H,1H2;. The van der Waals surface area contributed by atoms with Crippen molar-refractivity contribution < 1.29 is 28.7 Å². The Labute approximate surface area is 225 Å². The molecule has 3 aromatic rings. The molecule has 0 aliphatic heterocycles. The second kappa shape index (κ2) is 14.8. The average molecular weight is 519 g/mol. The Bertz CT molecular complexity index is 967. The van der Waals surface area contributed by atoms with E-state index in [0.29, 0.717) is 0 Å². The van der Waals surface area contributed by atoms with Crippen molar-refractivity contribution in [2.75, 3.05) is 0 Å². The summed E-state index contributed by atoms with van der Waals surface area (Å²) in [5, 5.41) is 5.92. The molecular weight excluding hydrogens is 480 g/mol. The number of rotatable bonds is 10. The molecule has 0 bridgehead atoms. The van der Waals surface area contributed by atoms with Gasteiger partial charge in [0.05, 0.1) is 0 Å². The van der Waals surface area contributed by atoms with Gasteiger partial charge in [-0.25, -0.2) is 0 Å². The maximum atomic E-state index is 10.9. The summed E-state index contributed by atoms with van der Waals surface area (Å²) in [7, 11) is 0. The van der Waals surface area contributed by atoms with Gasteiger partial charge in [0, 0.05) is 18.0 Å². The Hall–Kier alpha value is -2.69. The molecule has 3 aromatic carbocycles. The van der Waals surface area contributed by atoms with Crippen LogP contribution in [0.2, 0.25) is 0 Å². The van der Waals surface area contributed by atoms with Gasteiger partial charge in [-0.3, -0.25) is 9.59 Å². The molecule has 0 radical (unpaired) electrons. The Morgan fingerprint density at radius 2 is 1.08 bits per heavy atom. The first-order valence-corrected chi connectivity index (χ1v) is 14.9. The van der Waals surface area contributed by atoms with Crippen molar-refractivity contribution >= 4 is 12.8 Å². The van der Waals surface area contributed by atoms with Crippen molar-refractivity contribution in [1.82, 2.24) is 10.6 Å². The van der Waals surface area contributed by atoms with E-state index in [1.54, 1.807) is 0 Å². The molecular formula is C31H38N2O2Ti. The number of amides is 2. The summed E-state index contributed by atoms with van der Waals surface area (Å²) in [6.45, 7) is 4.37. The summed E-state index contributed by atoms with van der Waals surface area (Å²) in [5.74, 6) is 0.218. The van der Waals surface area contributed by atoms with E-state index in [1.807, 2.05) is 18.2 Å². The fraction of sp³-hybridized carbons (Fsp3) is 0.355. The third-order valence-electron chi connectivity index (χ3n) is 6.80. The molecule has 2 amide bonds. The predicted molar refractivity (Wildman–Crippen MR) is 143 cm³/mol. The van der Waals surface area contributed by atoms with Crippen LogP contribution >= 0.6 is 0 Å². The van der Waals surface area contributed by atoms with Crippen LogP contribution in [0.25, 0.3) is 0 Å². The first-order valence-electron chi connectivity index (χ1n) is 12.7. The molecule has 36 heavy (non-hydrogen) atoms. The molecule has 0 aromatic heterocycles. The molecule has 1 aliphatic carbocycles. The molecule has 0 heterocycles. The van der Waals surface area contributed by atoms with E-state index in [4.69, 9.17) is 0 Å². The van der Waals surface area contributed by atoms with E-state index in [1.165, 1.54) is 26.1 Å². The van der Waals surface area contributed by atoms with Crippen LogP contribution in [-0.4, -0.2) is 24.9 Å². The summed E-state index contributed by atoms with van der Waals surface area (Å²) < 4.78 is 2.60. The monoisotopic (exact) mass is 518 g/mol. The van der Waals surface area contributed by atoms with Crippen LogP contribution in [-0.2, 0) is 44.6 Å². The van der Waals surface area contributed by atoms with Gasteiger partial charge in [-0.15, -0.1) is 0 Å². The molecule has 188 valence electrons. The van der Waals surface area contributed by atoms with E-state index >= 15 is 0 Å². The molecule has 0 saturated heterocycles. The van der Waals surface area contributed by atoms with E-state index < -0.39 is 0 Å². The summed E-state index contributed by atoms with van der Waals surface area (Å²) in [4.78, 5) is 21.9. The van der Waals surface area contributed by atoms with Crippen LogP contribution < -0.4 is 10.6 Å². The quantitative estimate of drug-likeness (QED) is 0.280. The van der Waals surface area contributed by atoms with Crippen LogP contribution in [0.5, 0.6) is 0 Å². The molecule has 2 unspecified atom stereocenters. The van der Waals surface area contributed by atoms with Gasteiger partial charge < -0.3 is 10.6 Å². The Kier molecular flexibility index (Phi) is 11.4. The van der Waals surface area contributed by atoms with Crippen LogP contribution in [0.15, 0.2) is 91.0 Å². The molecule has 4 rings (SSSR count). The van der Waals surface area contributed by atoms with Crippen molar-refractivity contribution in [3.8, 4) is 0 Å². The molecule has 5 heteroatoms. The van der Waals surface area contributed by atoms with Crippen LogP contribution in [0, 0.1) is 11.3 Å². The fourth-order valence-electron chi connectivity index (χ4n) is 5.11. The van der Waals surface area contributed by atoms with Gasteiger partial charge in [0.25, 0.3) is 0 Å². The van der Waals surface area contributed by atoms with E-state index in [0.717, 1.165) is 32.1 Å². The summed E-state index contributed by atoms with van der Waals surface area (Å²) in [6.07, 6.45) is 4.28. The summed E-state index contributed by atoms with van der Waals surface area (Å²) >= 11 is 0.136. The zero-order valence-electron chi connectivity index (χ0n) is 21.4. The van der Waals surface area contributed by atoms with Crippen LogP contribution in [0.4, 0.5) is 0 Å². The molecule has 1 saturated carbocycles. The summed E-state index contributed by atoms with van der Waals surface area (Å²) in [6, 6.07) is 32.0. The van der Waals surface area contributed by atoms with Gasteiger partial charge in [-0.05, 0) is 30.2 Å². The van der Waals surface area contributed by atoms with Crippen LogP contribution in [0.3, 0.4) is 0 Å². The topological polar surface area (TPSA) is 58.2 Å². The van der Waals surface area contributed by atoms with E-state index in [2.05, 4.69) is 97.3 Å². The Morgan fingerprint density at radius 3 is 1.47 bits per heavy atom. The molecule has 0 spiro atoms. The number of hydrogen-bond donors (Lipinski definition) is 2. The van der Waals surface area contributed by atoms with E-state index in [9.17, 15) is 9.59 Å². The number of nitrogens with one attached hydrogen (secondary N) is 2. The zero-order valence-corrected chi connectivity index (χ0v) is 23.0. The zero-order chi connectivity index (χ0) is 25.6. The van der Waals surface area contributed by atoms with Crippen molar-refractivity contribution in [1.29, 1.82) is 0 Å². The van der Waals surface area contributed by atoms with Gasteiger partial charge in [0.2, 0.25) is 12.8 Å². The molecule has 2 atom stereocenters. The minimum absolute atomic E-state index is 0.0870. The second-order valence-electron chi connectivity index (χ2n) is 10.3. The molecule has 1 fully saturated rings. The van der Waals surface area contributed by atoms with Crippen molar-refractivity contribution in [3.63, 3.8) is 0 Å². The Balaban J connectivity index is 0.000000212. The van der Waals surface area contributed by atoms with Gasteiger partial charge in [-0.2, -0.15) is 0 Å². The number of carbonyl (C=O) groups is 2. The minimum atomic E-state index is 0.0870. The first-order chi connectivity index (χ1) is 17.5. The maximum absolute atomic E-state index is 10.9. The molecule has 1 aliphatic rings.